The summed E-state index contributed by atoms with van der Waals surface area (Å²) >= 11 is 0. The Labute approximate surface area is 120 Å². The molecule has 0 bridgehead atoms. The summed E-state index contributed by atoms with van der Waals surface area (Å²) in [7, 11) is -3.48. The van der Waals surface area contributed by atoms with Crippen molar-refractivity contribution in [3.8, 4) is 0 Å². The topological polar surface area (TPSA) is 99.2 Å². The standard InChI is InChI=1S/C12H24N4O3S/c1-2-8-19-9-4-6-15-20(17,18)12-10-14-16(11-12)7-3-5-13/h10-11,15H,2-9,13H2,1H3. The minimum Gasteiger partial charge on any atom is -0.381 e. The van der Waals surface area contributed by atoms with Gasteiger partial charge in [0, 0.05) is 32.5 Å². The highest BCUT2D eigenvalue weighted by Gasteiger charge is 2.15. The molecule has 0 fully saturated rings. The number of ether oxygens (including phenoxy) is 1. The number of nitrogens with zero attached hydrogens (tertiary/aromatic N) is 2. The molecule has 8 heteroatoms. The first kappa shape index (κ1) is 17.1. The van der Waals surface area contributed by atoms with E-state index in [1.54, 1.807) is 4.68 Å². The van der Waals surface area contributed by atoms with Crippen LogP contribution in [0.1, 0.15) is 26.2 Å². The predicted octanol–water partition coefficient (Wildman–Crippen LogP) is 0.327. The number of aryl methyl sites for hydroxylation is 1. The van der Waals surface area contributed by atoms with Gasteiger partial charge >= 0.3 is 0 Å². The fourth-order valence-corrected chi connectivity index (χ4v) is 2.60. The van der Waals surface area contributed by atoms with Gasteiger partial charge in [0.1, 0.15) is 4.90 Å². The lowest BCUT2D eigenvalue weighted by atomic mass is 10.4. The van der Waals surface area contributed by atoms with Crippen molar-refractivity contribution in [2.75, 3.05) is 26.3 Å². The Morgan fingerprint density at radius 3 is 2.90 bits per heavy atom. The van der Waals surface area contributed by atoms with E-state index >= 15 is 0 Å². The number of hydrogen-bond donors (Lipinski definition) is 2. The first-order valence-electron chi connectivity index (χ1n) is 6.90. The average Bonchev–Trinajstić information content (AvgIpc) is 2.90. The maximum atomic E-state index is 12.0. The number of sulfonamides is 1. The Balaban J connectivity index is 2.38. The Hall–Kier alpha value is -0.960. The molecule has 20 heavy (non-hydrogen) atoms. The van der Waals surface area contributed by atoms with Gasteiger partial charge in [0.05, 0.1) is 6.20 Å². The average molecular weight is 304 g/mol. The second-order valence-corrected chi connectivity index (χ2v) is 6.21. The molecule has 0 saturated heterocycles. The van der Waals surface area contributed by atoms with Crippen molar-refractivity contribution in [3.63, 3.8) is 0 Å². The van der Waals surface area contributed by atoms with Gasteiger partial charge in [-0.3, -0.25) is 4.68 Å². The van der Waals surface area contributed by atoms with Crippen molar-refractivity contribution in [1.29, 1.82) is 0 Å². The monoisotopic (exact) mass is 304 g/mol. The fourth-order valence-electron chi connectivity index (χ4n) is 1.57. The summed E-state index contributed by atoms with van der Waals surface area (Å²) in [5.41, 5.74) is 5.40. The molecular formula is C12H24N4O3S. The van der Waals surface area contributed by atoms with Gasteiger partial charge in [0.25, 0.3) is 0 Å². The molecule has 0 unspecified atom stereocenters. The number of rotatable bonds is 11. The molecule has 0 aliphatic heterocycles. The zero-order valence-corrected chi connectivity index (χ0v) is 12.7. The fraction of sp³-hybridized carbons (Fsp3) is 0.750. The predicted molar refractivity (Wildman–Crippen MR) is 76.8 cm³/mol. The Bertz CT molecular complexity index is 473. The van der Waals surface area contributed by atoms with Crippen molar-refractivity contribution < 1.29 is 13.2 Å². The van der Waals surface area contributed by atoms with Crippen molar-refractivity contribution in [2.45, 2.75) is 37.6 Å². The van der Waals surface area contributed by atoms with Crippen LogP contribution in [0, 0.1) is 0 Å². The highest BCUT2D eigenvalue weighted by atomic mass is 32.2. The van der Waals surface area contributed by atoms with Crippen LogP contribution in [0.4, 0.5) is 0 Å². The highest BCUT2D eigenvalue weighted by molar-refractivity contribution is 7.89. The van der Waals surface area contributed by atoms with Crippen LogP contribution in [0.3, 0.4) is 0 Å². The van der Waals surface area contributed by atoms with Crippen LogP contribution in [0.2, 0.25) is 0 Å². The van der Waals surface area contributed by atoms with Gasteiger partial charge in [-0.25, -0.2) is 13.1 Å². The molecule has 1 aromatic rings. The summed E-state index contributed by atoms with van der Waals surface area (Å²) < 4.78 is 33.4. The Morgan fingerprint density at radius 1 is 1.40 bits per heavy atom. The molecule has 0 aliphatic rings. The molecule has 1 rings (SSSR count). The number of aromatic nitrogens is 2. The summed E-state index contributed by atoms with van der Waals surface area (Å²) in [6.45, 7) is 4.84. The largest absolute Gasteiger partial charge is 0.381 e. The zero-order valence-electron chi connectivity index (χ0n) is 11.9. The third-order valence-electron chi connectivity index (χ3n) is 2.62. The molecular weight excluding hydrogens is 280 g/mol. The van der Waals surface area contributed by atoms with Crippen LogP contribution in [0.25, 0.3) is 0 Å². The summed E-state index contributed by atoms with van der Waals surface area (Å²) in [6.07, 6.45) is 5.26. The lowest BCUT2D eigenvalue weighted by Crippen LogP contribution is -2.25. The van der Waals surface area contributed by atoms with E-state index in [0.29, 0.717) is 39.3 Å². The Morgan fingerprint density at radius 2 is 2.20 bits per heavy atom. The molecule has 0 aromatic carbocycles. The quantitative estimate of drug-likeness (QED) is 0.574. The normalized spacial score (nSPS) is 11.9. The van der Waals surface area contributed by atoms with Crippen molar-refractivity contribution >= 4 is 10.0 Å². The van der Waals surface area contributed by atoms with Crippen LogP contribution in [0.5, 0.6) is 0 Å². The summed E-state index contributed by atoms with van der Waals surface area (Å²) in [5.74, 6) is 0. The van der Waals surface area contributed by atoms with Crippen LogP contribution < -0.4 is 10.5 Å². The lowest BCUT2D eigenvalue weighted by Gasteiger charge is -2.05. The number of nitrogens with one attached hydrogen (secondary N) is 1. The van der Waals surface area contributed by atoms with Gasteiger partial charge in [-0.15, -0.1) is 0 Å². The van der Waals surface area contributed by atoms with E-state index in [2.05, 4.69) is 9.82 Å². The van der Waals surface area contributed by atoms with E-state index in [0.717, 1.165) is 12.8 Å². The molecule has 0 amide bonds. The third kappa shape index (κ3) is 6.00. The van der Waals surface area contributed by atoms with E-state index in [9.17, 15) is 8.42 Å². The molecule has 7 nitrogen and oxygen atoms in total. The first-order chi connectivity index (χ1) is 9.60. The third-order valence-corrected chi connectivity index (χ3v) is 4.03. The molecule has 0 saturated carbocycles. The summed E-state index contributed by atoms with van der Waals surface area (Å²) in [5, 5.41) is 4.01. The summed E-state index contributed by atoms with van der Waals surface area (Å²) in [4.78, 5) is 0.184. The molecule has 0 spiro atoms. The zero-order chi connectivity index (χ0) is 14.8. The molecule has 0 aliphatic carbocycles. The summed E-state index contributed by atoms with van der Waals surface area (Å²) in [6, 6.07) is 0. The van der Waals surface area contributed by atoms with Crippen molar-refractivity contribution in [3.05, 3.63) is 12.4 Å². The van der Waals surface area contributed by atoms with Crippen LogP contribution >= 0.6 is 0 Å². The second-order valence-electron chi connectivity index (χ2n) is 4.45. The van der Waals surface area contributed by atoms with Crippen LogP contribution in [-0.2, 0) is 21.3 Å². The van der Waals surface area contributed by atoms with Crippen LogP contribution in [0.15, 0.2) is 17.3 Å². The van der Waals surface area contributed by atoms with Crippen LogP contribution in [-0.4, -0.2) is 44.5 Å². The van der Waals surface area contributed by atoms with Gasteiger partial charge < -0.3 is 10.5 Å². The first-order valence-corrected chi connectivity index (χ1v) is 8.38. The van der Waals surface area contributed by atoms with E-state index in [-0.39, 0.29) is 4.90 Å². The van der Waals surface area contributed by atoms with Crippen molar-refractivity contribution in [1.82, 2.24) is 14.5 Å². The van der Waals surface area contributed by atoms with Gasteiger partial charge in [0.15, 0.2) is 0 Å². The number of hydrogen-bond acceptors (Lipinski definition) is 5. The maximum absolute atomic E-state index is 12.0. The molecule has 0 radical (unpaired) electrons. The molecule has 1 heterocycles. The van der Waals surface area contributed by atoms with Gasteiger partial charge in [0.2, 0.25) is 10.0 Å². The molecule has 0 atom stereocenters. The van der Waals surface area contributed by atoms with Gasteiger partial charge in [-0.05, 0) is 25.8 Å². The van der Waals surface area contributed by atoms with Crippen molar-refractivity contribution in [2.24, 2.45) is 5.73 Å². The van der Waals surface area contributed by atoms with Gasteiger partial charge in [-0.1, -0.05) is 6.92 Å². The second kappa shape index (κ2) is 9.06. The van der Waals surface area contributed by atoms with E-state index in [1.165, 1.54) is 12.4 Å². The van der Waals surface area contributed by atoms with E-state index in [4.69, 9.17) is 10.5 Å². The smallest absolute Gasteiger partial charge is 0.243 e. The van der Waals surface area contributed by atoms with E-state index < -0.39 is 10.0 Å². The Kier molecular flexibility index (Phi) is 7.75. The highest BCUT2D eigenvalue weighted by Crippen LogP contribution is 2.07. The molecule has 116 valence electrons. The molecule has 1 aromatic heterocycles. The molecule has 3 N–H and O–H groups in total. The van der Waals surface area contributed by atoms with Gasteiger partial charge in [-0.2, -0.15) is 5.10 Å². The number of nitrogens with two attached hydrogens (primary N) is 1. The lowest BCUT2D eigenvalue weighted by molar-refractivity contribution is 0.133. The SMILES string of the molecule is CCCOCCCNS(=O)(=O)c1cnn(CCCN)c1. The maximum Gasteiger partial charge on any atom is 0.243 e. The minimum atomic E-state index is -3.48. The minimum absolute atomic E-state index is 0.184. The van der Waals surface area contributed by atoms with E-state index in [1.807, 2.05) is 6.92 Å².